The number of aliphatic hydroxyl groups excluding tert-OH is 2. The van der Waals surface area contributed by atoms with Gasteiger partial charge in [0.25, 0.3) is 5.91 Å². The summed E-state index contributed by atoms with van der Waals surface area (Å²) in [4.78, 5) is 115. The number of aryl methyl sites for hydroxylation is 4. The minimum absolute atomic E-state index is 0.236. The minimum Gasteiger partial charge on any atom is -0.444 e. The van der Waals surface area contributed by atoms with Gasteiger partial charge in [0.15, 0.2) is 5.37 Å². The second-order valence-corrected chi connectivity index (χ2v) is 28.4. The molecule has 0 aliphatic carbocycles. The average molecular weight is 1400 g/mol. The van der Waals surface area contributed by atoms with Crippen LogP contribution in [0.1, 0.15) is 158 Å². The quantitative estimate of drug-likeness (QED) is 0.0127. The highest BCUT2D eigenvalue weighted by Crippen LogP contribution is 2.40. The summed E-state index contributed by atoms with van der Waals surface area (Å²) in [7, 11) is 9.57. The third-order valence-electron chi connectivity index (χ3n) is 18.5. The molecule has 11 atom stereocenters. The monoisotopic (exact) mass is 1400 g/mol. The summed E-state index contributed by atoms with van der Waals surface area (Å²) < 4.78 is 14.1. The van der Waals surface area contributed by atoms with Gasteiger partial charge in [0.05, 0.1) is 48.7 Å². The van der Waals surface area contributed by atoms with Gasteiger partial charge in [-0.15, -0.1) is 22.8 Å². The molecular formula is C70H99BN16O12S. The Hall–Kier alpha value is -8.45. The number of hydrogen-bond acceptors (Lipinski definition) is 19. The number of carbonyl (C=O) groups is 8. The predicted octanol–water partition coefficient (Wildman–Crippen LogP) is 3.71. The molecule has 3 aromatic carbocycles. The number of benzene rings is 3. The molecule has 8 rings (SSSR count). The maximum atomic E-state index is 14.7. The van der Waals surface area contributed by atoms with E-state index in [0.717, 1.165) is 49.7 Å². The van der Waals surface area contributed by atoms with Gasteiger partial charge in [-0.2, -0.15) is 0 Å². The van der Waals surface area contributed by atoms with E-state index in [1.807, 2.05) is 78.0 Å². The Bertz CT molecular complexity index is 3550. The van der Waals surface area contributed by atoms with Crippen LogP contribution < -0.4 is 37.2 Å². The molecule has 2 radical (unpaired) electrons. The summed E-state index contributed by atoms with van der Waals surface area (Å²) in [6, 6.07) is 21.5. The van der Waals surface area contributed by atoms with Crippen LogP contribution in [-0.4, -0.2) is 209 Å². The van der Waals surface area contributed by atoms with Crippen LogP contribution in [0.2, 0.25) is 0 Å². The Morgan fingerprint density at radius 2 is 1.21 bits per heavy atom. The van der Waals surface area contributed by atoms with Crippen molar-refractivity contribution in [3.05, 3.63) is 131 Å². The summed E-state index contributed by atoms with van der Waals surface area (Å²) in [5.41, 5.74) is 2.01. The van der Waals surface area contributed by atoms with E-state index in [0.29, 0.717) is 63.1 Å². The summed E-state index contributed by atoms with van der Waals surface area (Å²) >= 11 is 4.27. The number of unbranched alkanes of at least 4 members (excludes halogenated alkanes) is 2. The Balaban J connectivity index is 0.816. The zero-order valence-corrected chi connectivity index (χ0v) is 59.7. The Labute approximate surface area is 591 Å². The topological polar surface area (TPSA) is 351 Å². The number of alkyl carbamates (subject to hydrolysis) is 2. The van der Waals surface area contributed by atoms with Crippen LogP contribution in [0.15, 0.2) is 97.3 Å². The number of likely N-dealkylation sites (tertiary alicyclic amines) is 1. The minimum atomic E-state index is -1.59. The number of ether oxygens (including phenoxy) is 2. The zero-order valence-electron chi connectivity index (χ0n) is 58.8. The molecule has 0 spiro atoms. The standard InChI is InChI=1S/C70H99BN16O12S/c1-10-70(43-89)57(76-61(92)58(71)77-66(96)98-68(2,3)4)65(95)87-52(33-34-53(87)83(70)9)60(91)74-55(47-26-15-12-16-27-47)50-41-85(82-80-50)38-20-18-23-45-31-29-44(30-32-45)22-17-19-37-84-40-49(79-81-84)54(46-24-13-11-14-25-46)73-59(90)51-28-21-39-86(51)64(94)56(48(42-88)35-36-72-8)75-62(93)63(100)78-67(97)99-69(5,6)7/h11-16,24-27,29-32,40-41,48,51-58,63,72,88-89,100H,10,17-23,28,33-39,42-43H2,1-9H3,(H,73,90)(H,74,91)(H,75,93)(H,76,92)(H,77,96)(H,78,97). The molecule has 3 saturated heterocycles. The van der Waals surface area contributed by atoms with Crippen LogP contribution in [0, 0.1) is 5.92 Å². The van der Waals surface area contributed by atoms with Crippen LogP contribution in [0.25, 0.3) is 0 Å². The average Bonchev–Trinajstić information content (AvgIpc) is 1.46. The number of nitrogens with one attached hydrogen (secondary N) is 7. The number of hydrogen-bond donors (Lipinski definition) is 10. The van der Waals surface area contributed by atoms with Crippen LogP contribution in [0.3, 0.4) is 0 Å². The summed E-state index contributed by atoms with van der Waals surface area (Å²) in [5.74, 6) is -5.94. The fraction of sp³-hybridized carbons (Fsp3) is 0.571. The van der Waals surface area contributed by atoms with Gasteiger partial charge < -0.3 is 66.7 Å². The van der Waals surface area contributed by atoms with E-state index in [1.54, 1.807) is 71.9 Å². The lowest BCUT2D eigenvalue weighted by molar-refractivity contribution is -0.169. The molecule has 5 aromatic rings. The van der Waals surface area contributed by atoms with Crippen molar-refractivity contribution in [3.8, 4) is 0 Å². The number of carbonyl (C=O) groups excluding carboxylic acids is 8. The van der Waals surface area contributed by atoms with Crippen LogP contribution in [0.5, 0.6) is 0 Å². The van der Waals surface area contributed by atoms with Gasteiger partial charge in [-0.05, 0) is 161 Å². The van der Waals surface area contributed by atoms with E-state index in [4.69, 9.17) is 17.3 Å². The summed E-state index contributed by atoms with van der Waals surface area (Å²) in [5, 5.41) is 57.4. The maximum absolute atomic E-state index is 14.7. The number of fused-ring (bicyclic) bond motifs is 1. The van der Waals surface area contributed by atoms with Gasteiger partial charge in [-0.3, -0.25) is 43.0 Å². The van der Waals surface area contributed by atoms with Crippen molar-refractivity contribution in [2.24, 2.45) is 5.92 Å². The number of likely N-dealkylation sites (N-methyl/N-ethyl adjacent to an activating group) is 1. The maximum Gasteiger partial charge on any atom is 0.408 e. The molecule has 3 aliphatic heterocycles. The molecule has 0 bridgehead atoms. The third-order valence-corrected chi connectivity index (χ3v) is 18.9. The SMILES string of the molecule is [B]C(NC(=O)OC(C)(C)C)C(=O)NC1C(=O)N2C(C(=O)NC(c3ccccc3)c3cn(CCCCc4ccc(CCCCn5cc(C(NC(=O)C6CCCN6C(=O)C(NC(=O)C(S)NC(=O)OC(C)(C)C)C(CO)CCNC)c6ccccc6)nn5)cc4)nn3)CCC2N(C)C1(CC)CO. The van der Waals surface area contributed by atoms with E-state index in [1.165, 1.54) is 20.9 Å². The van der Waals surface area contributed by atoms with Crippen molar-refractivity contribution in [2.75, 3.05) is 40.4 Å². The van der Waals surface area contributed by atoms with E-state index in [9.17, 15) is 48.6 Å². The second-order valence-electron chi connectivity index (χ2n) is 27.9. The van der Waals surface area contributed by atoms with Gasteiger partial charge in [0.2, 0.25) is 29.5 Å². The van der Waals surface area contributed by atoms with E-state index < -0.39 is 137 Å². The normalized spacial score (nSPS) is 20.4. The molecule has 30 heteroatoms. The van der Waals surface area contributed by atoms with Crippen molar-refractivity contribution < 1.29 is 58.0 Å². The predicted molar refractivity (Wildman–Crippen MR) is 376 cm³/mol. The molecule has 8 amide bonds. The molecule has 100 heavy (non-hydrogen) atoms. The third kappa shape index (κ3) is 20.2. The molecule has 5 heterocycles. The molecule has 540 valence electrons. The van der Waals surface area contributed by atoms with Crippen molar-refractivity contribution in [3.63, 3.8) is 0 Å². The molecule has 0 saturated carbocycles. The van der Waals surface area contributed by atoms with Gasteiger partial charge in [-0.1, -0.05) is 102 Å². The molecule has 3 fully saturated rings. The lowest BCUT2D eigenvalue weighted by atomic mass is 9.81. The first-order valence-electron chi connectivity index (χ1n) is 34.5. The number of amides is 8. The van der Waals surface area contributed by atoms with Crippen molar-refractivity contribution in [1.29, 1.82) is 0 Å². The van der Waals surface area contributed by atoms with Crippen molar-refractivity contribution in [2.45, 2.75) is 209 Å². The highest BCUT2D eigenvalue weighted by molar-refractivity contribution is 7.81. The number of aliphatic hydroxyl groups is 2. The molecule has 28 nitrogen and oxygen atoms in total. The van der Waals surface area contributed by atoms with E-state index >= 15 is 0 Å². The van der Waals surface area contributed by atoms with Crippen LogP contribution in [-0.2, 0) is 64.2 Å². The van der Waals surface area contributed by atoms with Gasteiger partial charge in [0, 0.05) is 32.2 Å². The van der Waals surface area contributed by atoms with E-state index in [-0.39, 0.29) is 13.0 Å². The smallest absolute Gasteiger partial charge is 0.408 e. The first kappa shape index (κ1) is 77.3. The fourth-order valence-electron chi connectivity index (χ4n) is 13.2. The Morgan fingerprint density at radius 3 is 1.70 bits per heavy atom. The highest BCUT2D eigenvalue weighted by Gasteiger charge is 2.59. The molecule has 3 aliphatic rings. The summed E-state index contributed by atoms with van der Waals surface area (Å²) in [6.45, 7) is 12.7. The number of rotatable bonds is 32. The molecule has 11 unspecified atom stereocenters. The first-order valence-corrected chi connectivity index (χ1v) is 35.0. The lowest BCUT2D eigenvalue weighted by Gasteiger charge is -2.55. The summed E-state index contributed by atoms with van der Waals surface area (Å²) in [6.07, 6.45) is 8.55. The van der Waals surface area contributed by atoms with Gasteiger partial charge in [0.1, 0.15) is 54.6 Å². The van der Waals surface area contributed by atoms with Gasteiger partial charge in [-0.25, -0.2) is 9.59 Å². The van der Waals surface area contributed by atoms with Crippen molar-refractivity contribution >= 4 is 68.1 Å². The zero-order chi connectivity index (χ0) is 72.5. The van der Waals surface area contributed by atoms with E-state index in [2.05, 4.69) is 94.7 Å². The first-order chi connectivity index (χ1) is 47.7. The molecule has 9 N–H and O–H groups in total. The number of thiol groups is 1. The molecule has 2 aromatic heterocycles. The van der Waals surface area contributed by atoms with Gasteiger partial charge >= 0.3 is 12.2 Å². The highest BCUT2D eigenvalue weighted by atomic mass is 32.1. The fourth-order valence-corrected chi connectivity index (χ4v) is 13.4. The van der Waals surface area contributed by atoms with Crippen molar-refractivity contribution in [1.82, 2.24) is 81.9 Å². The molecular weight excluding hydrogens is 1300 g/mol. The Kier molecular flexibility index (Phi) is 27.2. The second kappa shape index (κ2) is 35.2. The lowest BCUT2D eigenvalue weighted by Crippen LogP contribution is -2.77. The van der Waals surface area contributed by atoms with Crippen LogP contribution >= 0.6 is 12.6 Å². The van der Waals surface area contributed by atoms with Crippen LogP contribution in [0.4, 0.5) is 9.59 Å². The number of nitrogens with zero attached hydrogens (tertiary/aromatic N) is 9. The Morgan fingerprint density at radius 1 is 0.690 bits per heavy atom. The number of aromatic nitrogens is 6. The largest absolute Gasteiger partial charge is 0.444 e.